The Balaban J connectivity index is 1.65. The Labute approximate surface area is 157 Å². The van der Waals surface area contributed by atoms with Crippen molar-refractivity contribution in [1.82, 2.24) is 4.90 Å². The normalized spacial score (nSPS) is 17.3. The van der Waals surface area contributed by atoms with Gasteiger partial charge in [-0.15, -0.1) is 0 Å². The van der Waals surface area contributed by atoms with Crippen molar-refractivity contribution in [3.63, 3.8) is 0 Å². The van der Waals surface area contributed by atoms with Crippen molar-refractivity contribution in [3.8, 4) is 0 Å². The number of aliphatic hydroxyl groups is 1. The molecule has 27 heavy (non-hydrogen) atoms. The van der Waals surface area contributed by atoms with E-state index in [-0.39, 0.29) is 18.3 Å². The zero-order valence-corrected chi connectivity index (χ0v) is 14.8. The Kier molecular flexibility index (Phi) is 6.16. The van der Waals surface area contributed by atoms with Crippen molar-refractivity contribution in [3.05, 3.63) is 59.9 Å². The quantitative estimate of drug-likeness (QED) is 0.754. The Morgan fingerprint density at radius 3 is 2.59 bits per heavy atom. The summed E-state index contributed by atoms with van der Waals surface area (Å²) in [6.45, 7) is 1.39. The number of para-hydroxylation sites is 1. The minimum atomic E-state index is -0.402. The van der Waals surface area contributed by atoms with Crippen molar-refractivity contribution in [1.29, 1.82) is 0 Å². The SMILES string of the molecule is O=C(CN1CCCC(O)C1)Nc1ccccc1C(=O)Nc1ccc(F)cc1. The van der Waals surface area contributed by atoms with Crippen molar-refractivity contribution in [2.45, 2.75) is 18.9 Å². The third-order valence-electron chi connectivity index (χ3n) is 4.40. The maximum Gasteiger partial charge on any atom is 0.257 e. The summed E-state index contributed by atoms with van der Waals surface area (Å²) in [5, 5.41) is 15.2. The lowest BCUT2D eigenvalue weighted by Crippen LogP contribution is -2.42. The number of piperidine rings is 1. The number of halogens is 1. The number of amides is 2. The van der Waals surface area contributed by atoms with Crippen LogP contribution < -0.4 is 10.6 Å². The number of carbonyl (C=O) groups excluding carboxylic acids is 2. The lowest BCUT2D eigenvalue weighted by atomic mass is 10.1. The molecule has 3 N–H and O–H groups in total. The van der Waals surface area contributed by atoms with Crippen LogP contribution in [-0.2, 0) is 4.79 Å². The van der Waals surface area contributed by atoms with Gasteiger partial charge in [0.2, 0.25) is 5.91 Å². The van der Waals surface area contributed by atoms with Crippen LogP contribution in [-0.4, -0.2) is 47.6 Å². The standard InChI is InChI=1S/C20H22FN3O3/c21-14-7-9-15(10-8-14)22-20(27)17-5-1-2-6-18(17)23-19(26)13-24-11-3-4-16(25)12-24/h1-2,5-10,16,25H,3-4,11-13H2,(H,22,27)(H,23,26). The van der Waals surface area contributed by atoms with Gasteiger partial charge in [-0.1, -0.05) is 12.1 Å². The summed E-state index contributed by atoms with van der Waals surface area (Å²) in [6, 6.07) is 12.2. The third kappa shape index (κ3) is 5.35. The summed E-state index contributed by atoms with van der Waals surface area (Å²) in [4.78, 5) is 26.8. The van der Waals surface area contributed by atoms with Crippen LogP contribution in [0.15, 0.2) is 48.5 Å². The van der Waals surface area contributed by atoms with E-state index in [0.717, 1.165) is 19.4 Å². The molecule has 1 unspecified atom stereocenters. The van der Waals surface area contributed by atoms with Gasteiger partial charge in [-0.2, -0.15) is 0 Å². The van der Waals surface area contributed by atoms with E-state index in [1.807, 2.05) is 4.90 Å². The highest BCUT2D eigenvalue weighted by atomic mass is 19.1. The van der Waals surface area contributed by atoms with Crippen LogP contribution in [0, 0.1) is 5.82 Å². The topological polar surface area (TPSA) is 81.7 Å². The van der Waals surface area contributed by atoms with Crippen molar-refractivity contribution < 1.29 is 19.1 Å². The van der Waals surface area contributed by atoms with Gasteiger partial charge < -0.3 is 15.7 Å². The number of carbonyl (C=O) groups is 2. The first-order chi connectivity index (χ1) is 13.0. The van der Waals surface area contributed by atoms with Crippen LogP contribution in [0.25, 0.3) is 0 Å². The monoisotopic (exact) mass is 371 g/mol. The molecule has 1 heterocycles. The molecule has 0 aromatic heterocycles. The number of hydrogen-bond donors (Lipinski definition) is 3. The second-order valence-corrected chi connectivity index (χ2v) is 6.59. The van der Waals surface area contributed by atoms with Gasteiger partial charge in [0.25, 0.3) is 5.91 Å². The van der Waals surface area contributed by atoms with Gasteiger partial charge in [0, 0.05) is 12.2 Å². The van der Waals surface area contributed by atoms with E-state index in [1.165, 1.54) is 24.3 Å². The smallest absolute Gasteiger partial charge is 0.257 e. The highest BCUT2D eigenvalue weighted by Crippen LogP contribution is 2.18. The van der Waals surface area contributed by atoms with Crippen molar-refractivity contribution in [2.24, 2.45) is 0 Å². The molecule has 0 saturated carbocycles. The molecule has 2 amide bonds. The van der Waals surface area contributed by atoms with Gasteiger partial charge in [0.15, 0.2) is 0 Å². The van der Waals surface area contributed by atoms with E-state index in [2.05, 4.69) is 10.6 Å². The van der Waals surface area contributed by atoms with E-state index in [0.29, 0.717) is 23.5 Å². The van der Waals surface area contributed by atoms with Crippen LogP contribution in [0.2, 0.25) is 0 Å². The number of β-amino-alcohol motifs (C(OH)–C–C–N with tert-alkyl or cyclic N) is 1. The first-order valence-electron chi connectivity index (χ1n) is 8.87. The number of aliphatic hydroxyl groups excluding tert-OH is 1. The number of anilines is 2. The van der Waals surface area contributed by atoms with Gasteiger partial charge in [0.1, 0.15) is 5.82 Å². The minimum Gasteiger partial charge on any atom is -0.392 e. The largest absolute Gasteiger partial charge is 0.392 e. The Morgan fingerprint density at radius 2 is 1.85 bits per heavy atom. The number of hydrogen-bond acceptors (Lipinski definition) is 4. The lowest BCUT2D eigenvalue weighted by Gasteiger charge is -2.29. The predicted molar refractivity (Wildman–Crippen MR) is 101 cm³/mol. The third-order valence-corrected chi connectivity index (χ3v) is 4.40. The van der Waals surface area contributed by atoms with Crippen LogP contribution in [0.4, 0.5) is 15.8 Å². The molecule has 142 valence electrons. The molecular weight excluding hydrogens is 349 g/mol. The molecule has 2 aromatic rings. The van der Waals surface area contributed by atoms with Gasteiger partial charge >= 0.3 is 0 Å². The molecule has 2 aromatic carbocycles. The van der Waals surface area contributed by atoms with Crippen molar-refractivity contribution in [2.75, 3.05) is 30.3 Å². The Morgan fingerprint density at radius 1 is 1.11 bits per heavy atom. The summed E-state index contributed by atoms with van der Waals surface area (Å²) in [5.41, 5.74) is 1.18. The summed E-state index contributed by atoms with van der Waals surface area (Å²) in [6.07, 6.45) is 1.20. The van der Waals surface area contributed by atoms with E-state index in [4.69, 9.17) is 0 Å². The fourth-order valence-corrected chi connectivity index (χ4v) is 3.09. The first-order valence-corrected chi connectivity index (χ1v) is 8.87. The van der Waals surface area contributed by atoms with Crippen molar-refractivity contribution >= 4 is 23.2 Å². The zero-order valence-electron chi connectivity index (χ0n) is 14.8. The maximum absolute atomic E-state index is 13.0. The molecule has 0 spiro atoms. The number of rotatable bonds is 5. The molecule has 1 atom stereocenters. The first kappa shape index (κ1) is 19.0. The predicted octanol–water partition coefficient (Wildman–Crippen LogP) is 2.47. The van der Waals surface area contributed by atoms with E-state index in [9.17, 15) is 19.1 Å². The van der Waals surface area contributed by atoms with Crippen LogP contribution >= 0.6 is 0 Å². The van der Waals surface area contributed by atoms with Gasteiger partial charge in [-0.05, 0) is 55.8 Å². The average molecular weight is 371 g/mol. The Hall–Kier alpha value is -2.77. The molecular formula is C20H22FN3O3. The molecule has 6 nitrogen and oxygen atoms in total. The van der Waals surface area contributed by atoms with Gasteiger partial charge in [-0.3, -0.25) is 14.5 Å². The fourth-order valence-electron chi connectivity index (χ4n) is 3.09. The summed E-state index contributed by atoms with van der Waals surface area (Å²) >= 11 is 0. The highest BCUT2D eigenvalue weighted by Gasteiger charge is 2.20. The summed E-state index contributed by atoms with van der Waals surface area (Å²) in [5.74, 6) is -1.03. The molecule has 0 aliphatic carbocycles. The molecule has 0 bridgehead atoms. The van der Waals surface area contributed by atoms with Gasteiger partial charge in [-0.25, -0.2) is 4.39 Å². The van der Waals surface area contributed by atoms with Crippen LogP contribution in [0.1, 0.15) is 23.2 Å². The second-order valence-electron chi connectivity index (χ2n) is 6.59. The molecule has 1 saturated heterocycles. The maximum atomic E-state index is 13.0. The van der Waals surface area contributed by atoms with Crippen LogP contribution in [0.3, 0.4) is 0 Å². The molecule has 1 aliphatic heterocycles. The fraction of sp³-hybridized carbons (Fsp3) is 0.300. The summed E-state index contributed by atoms with van der Waals surface area (Å²) in [7, 11) is 0. The number of likely N-dealkylation sites (tertiary alicyclic amines) is 1. The number of nitrogens with one attached hydrogen (secondary N) is 2. The summed E-state index contributed by atoms with van der Waals surface area (Å²) < 4.78 is 13.0. The van der Waals surface area contributed by atoms with Gasteiger partial charge in [0.05, 0.1) is 23.9 Å². The highest BCUT2D eigenvalue weighted by molar-refractivity contribution is 6.10. The molecule has 3 rings (SSSR count). The van der Waals surface area contributed by atoms with E-state index in [1.54, 1.807) is 24.3 Å². The molecule has 7 heteroatoms. The number of nitrogens with zero attached hydrogens (tertiary/aromatic N) is 1. The molecule has 0 radical (unpaired) electrons. The molecule has 1 fully saturated rings. The van der Waals surface area contributed by atoms with E-state index >= 15 is 0 Å². The average Bonchev–Trinajstić information content (AvgIpc) is 2.64. The van der Waals surface area contributed by atoms with E-state index < -0.39 is 12.0 Å². The number of benzene rings is 2. The zero-order chi connectivity index (χ0) is 19.2. The minimum absolute atomic E-state index is 0.158. The lowest BCUT2D eigenvalue weighted by molar-refractivity contribution is -0.118. The second kappa shape index (κ2) is 8.75. The Bertz CT molecular complexity index is 810. The molecule has 1 aliphatic rings. The van der Waals surface area contributed by atoms with Crippen LogP contribution in [0.5, 0.6) is 0 Å².